The summed E-state index contributed by atoms with van der Waals surface area (Å²) in [6, 6.07) is 1.50. The Kier molecular flexibility index (Phi) is 3.61. The van der Waals surface area contributed by atoms with E-state index in [2.05, 4.69) is 10.3 Å². The van der Waals surface area contributed by atoms with Crippen LogP contribution in [0, 0.1) is 11.7 Å². The highest BCUT2D eigenvalue weighted by Crippen LogP contribution is 2.28. The summed E-state index contributed by atoms with van der Waals surface area (Å²) in [5.41, 5.74) is 5.66. The van der Waals surface area contributed by atoms with Gasteiger partial charge >= 0.3 is 0 Å². The van der Waals surface area contributed by atoms with E-state index in [1.54, 1.807) is 0 Å². The second-order valence-electron chi connectivity index (χ2n) is 4.16. The van der Waals surface area contributed by atoms with Crippen LogP contribution < -0.4 is 11.1 Å². The standard InChI is InChI=1S/C11H15ClFN3/c12-8-4-9(13)11(15-6-8)16-10-3-1-2-7(10)5-14/h4,6-7,10H,1-3,5,14H2,(H,15,16). The monoisotopic (exact) mass is 243 g/mol. The van der Waals surface area contributed by atoms with Crippen LogP contribution in [0.2, 0.25) is 5.02 Å². The fraction of sp³-hybridized carbons (Fsp3) is 0.545. The van der Waals surface area contributed by atoms with Gasteiger partial charge < -0.3 is 11.1 Å². The van der Waals surface area contributed by atoms with Gasteiger partial charge in [0.25, 0.3) is 0 Å². The SMILES string of the molecule is NCC1CCCC1Nc1ncc(Cl)cc1F. The molecule has 0 aromatic carbocycles. The van der Waals surface area contributed by atoms with E-state index in [1.807, 2.05) is 0 Å². The van der Waals surface area contributed by atoms with Gasteiger partial charge in [0.05, 0.1) is 5.02 Å². The molecule has 1 heterocycles. The molecule has 1 saturated carbocycles. The van der Waals surface area contributed by atoms with Crippen molar-refractivity contribution in [2.45, 2.75) is 25.3 Å². The number of rotatable bonds is 3. The maximum Gasteiger partial charge on any atom is 0.166 e. The molecule has 0 amide bonds. The van der Waals surface area contributed by atoms with Gasteiger partial charge in [0.1, 0.15) is 0 Å². The molecule has 0 aliphatic heterocycles. The first-order chi connectivity index (χ1) is 7.70. The molecule has 1 fully saturated rings. The van der Waals surface area contributed by atoms with Gasteiger partial charge in [0, 0.05) is 12.2 Å². The zero-order valence-electron chi connectivity index (χ0n) is 8.92. The summed E-state index contributed by atoms with van der Waals surface area (Å²) in [6.45, 7) is 0.632. The molecular weight excluding hydrogens is 229 g/mol. The molecule has 2 atom stereocenters. The van der Waals surface area contributed by atoms with Crippen LogP contribution in [-0.4, -0.2) is 17.6 Å². The van der Waals surface area contributed by atoms with Crippen LogP contribution in [-0.2, 0) is 0 Å². The minimum Gasteiger partial charge on any atom is -0.365 e. The number of pyridine rings is 1. The van der Waals surface area contributed by atoms with Gasteiger partial charge in [0.15, 0.2) is 11.6 Å². The number of nitrogens with zero attached hydrogens (tertiary/aromatic N) is 1. The minimum absolute atomic E-state index is 0.230. The molecule has 3 N–H and O–H groups in total. The summed E-state index contributed by atoms with van der Waals surface area (Å²) in [4.78, 5) is 3.95. The summed E-state index contributed by atoms with van der Waals surface area (Å²) in [5.74, 6) is 0.279. The van der Waals surface area contributed by atoms with Crippen molar-refractivity contribution in [1.82, 2.24) is 4.98 Å². The molecule has 0 bridgehead atoms. The van der Waals surface area contributed by atoms with Gasteiger partial charge in [-0.25, -0.2) is 9.37 Å². The second kappa shape index (κ2) is 4.97. The van der Waals surface area contributed by atoms with Crippen molar-refractivity contribution in [3.63, 3.8) is 0 Å². The number of nitrogens with two attached hydrogens (primary N) is 1. The van der Waals surface area contributed by atoms with E-state index in [4.69, 9.17) is 17.3 Å². The summed E-state index contributed by atoms with van der Waals surface area (Å²) in [7, 11) is 0. The molecule has 5 heteroatoms. The molecule has 2 rings (SSSR count). The molecule has 0 spiro atoms. The Labute approximate surface area is 99.2 Å². The van der Waals surface area contributed by atoms with Crippen LogP contribution in [0.3, 0.4) is 0 Å². The highest BCUT2D eigenvalue weighted by Gasteiger charge is 2.26. The maximum atomic E-state index is 13.5. The number of hydrogen-bond donors (Lipinski definition) is 2. The first-order valence-corrected chi connectivity index (χ1v) is 5.86. The largest absolute Gasteiger partial charge is 0.365 e. The molecule has 1 aliphatic rings. The molecule has 1 aromatic rings. The smallest absolute Gasteiger partial charge is 0.166 e. The molecule has 1 aliphatic carbocycles. The molecular formula is C11H15ClFN3. The van der Waals surface area contributed by atoms with Crippen molar-refractivity contribution < 1.29 is 4.39 Å². The van der Waals surface area contributed by atoms with Crippen LogP contribution in [0.5, 0.6) is 0 Å². The van der Waals surface area contributed by atoms with E-state index in [9.17, 15) is 4.39 Å². The highest BCUT2D eigenvalue weighted by molar-refractivity contribution is 6.30. The van der Waals surface area contributed by atoms with Gasteiger partial charge in [-0.2, -0.15) is 0 Å². The normalized spacial score (nSPS) is 24.7. The van der Waals surface area contributed by atoms with Crippen LogP contribution >= 0.6 is 11.6 Å². The van der Waals surface area contributed by atoms with Gasteiger partial charge in [-0.3, -0.25) is 0 Å². The lowest BCUT2D eigenvalue weighted by atomic mass is 10.0. The van der Waals surface area contributed by atoms with E-state index in [0.717, 1.165) is 19.3 Å². The quantitative estimate of drug-likeness (QED) is 0.857. The summed E-state index contributed by atoms with van der Waals surface area (Å²) in [5, 5.41) is 3.42. The third-order valence-electron chi connectivity index (χ3n) is 3.09. The van der Waals surface area contributed by atoms with Crippen LogP contribution in [0.4, 0.5) is 10.2 Å². The van der Waals surface area contributed by atoms with Crippen molar-refractivity contribution in [3.8, 4) is 0 Å². The minimum atomic E-state index is -0.407. The average molecular weight is 244 g/mol. The van der Waals surface area contributed by atoms with Gasteiger partial charge in [-0.15, -0.1) is 0 Å². The molecule has 0 saturated heterocycles. The van der Waals surface area contributed by atoms with E-state index >= 15 is 0 Å². The van der Waals surface area contributed by atoms with Crippen molar-refractivity contribution in [3.05, 3.63) is 23.1 Å². The van der Waals surface area contributed by atoms with Gasteiger partial charge in [0.2, 0.25) is 0 Å². The van der Waals surface area contributed by atoms with Crippen molar-refractivity contribution >= 4 is 17.4 Å². The Morgan fingerprint density at radius 1 is 1.56 bits per heavy atom. The lowest BCUT2D eigenvalue weighted by Gasteiger charge is -2.20. The van der Waals surface area contributed by atoms with E-state index in [0.29, 0.717) is 17.5 Å². The molecule has 88 valence electrons. The Balaban J connectivity index is 2.08. The van der Waals surface area contributed by atoms with E-state index in [-0.39, 0.29) is 11.9 Å². The zero-order chi connectivity index (χ0) is 11.5. The topological polar surface area (TPSA) is 50.9 Å². The van der Waals surface area contributed by atoms with Crippen molar-refractivity contribution in [2.24, 2.45) is 11.7 Å². The van der Waals surface area contributed by atoms with Crippen LogP contribution in [0.15, 0.2) is 12.3 Å². The molecule has 16 heavy (non-hydrogen) atoms. The molecule has 1 aromatic heterocycles. The Bertz CT molecular complexity index is 372. The molecule has 0 radical (unpaired) electrons. The molecule has 2 unspecified atom stereocenters. The van der Waals surface area contributed by atoms with E-state index < -0.39 is 5.82 Å². The fourth-order valence-electron chi connectivity index (χ4n) is 2.21. The first kappa shape index (κ1) is 11.6. The van der Waals surface area contributed by atoms with Crippen LogP contribution in [0.25, 0.3) is 0 Å². The Morgan fingerprint density at radius 2 is 2.38 bits per heavy atom. The number of anilines is 1. The number of halogens is 2. The lowest BCUT2D eigenvalue weighted by Crippen LogP contribution is -2.30. The Morgan fingerprint density at radius 3 is 3.06 bits per heavy atom. The average Bonchev–Trinajstić information content (AvgIpc) is 2.69. The number of nitrogens with one attached hydrogen (secondary N) is 1. The number of aromatic nitrogens is 1. The zero-order valence-corrected chi connectivity index (χ0v) is 9.67. The first-order valence-electron chi connectivity index (χ1n) is 5.48. The Hall–Kier alpha value is -0.870. The summed E-state index contributed by atoms with van der Waals surface area (Å²) in [6.07, 6.45) is 4.70. The fourth-order valence-corrected chi connectivity index (χ4v) is 2.35. The number of hydrogen-bond acceptors (Lipinski definition) is 3. The highest BCUT2D eigenvalue weighted by atomic mass is 35.5. The lowest BCUT2D eigenvalue weighted by molar-refractivity contribution is 0.511. The third kappa shape index (κ3) is 2.44. The summed E-state index contributed by atoms with van der Waals surface area (Å²) >= 11 is 5.64. The van der Waals surface area contributed by atoms with E-state index in [1.165, 1.54) is 12.3 Å². The second-order valence-corrected chi connectivity index (χ2v) is 4.60. The predicted molar refractivity (Wildman–Crippen MR) is 63.0 cm³/mol. The van der Waals surface area contributed by atoms with Crippen molar-refractivity contribution in [2.75, 3.05) is 11.9 Å². The predicted octanol–water partition coefficient (Wildman–Crippen LogP) is 2.41. The van der Waals surface area contributed by atoms with Crippen molar-refractivity contribution in [1.29, 1.82) is 0 Å². The van der Waals surface area contributed by atoms with Gasteiger partial charge in [-0.05, 0) is 31.4 Å². The third-order valence-corrected chi connectivity index (χ3v) is 3.30. The maximum absolute atomic E-state index is 13.5. The summed E-state index contributed by atoms with van der Waals surface area (Å²) < 4.78 is 13.5. The molecule has 3 nitrogen and oxygen atoms in total. The van der Waals surface area contributed by atoms with Crippen LogP contribution in [0.1, 0.15) is 19.3 Å². The van der Waals surface area contributed by atoms with Gasteiger partial charge in [-0.1, -0.05) is 18.0 Å².